The number of alkyl halides is 4. The smallest absolute Gasteiger partial charge is 0.461 e. The van der Waals surface area contributed by atoms with Gasteiger partial charge in [0.1, 0.15) is 27.7 Å². The molecule has 0 aliphatic carbocycles. The molecular formula is C30H29F6NO4S. The summed E-state index contributed by atoms with van der Waals surface area (Å²) in [4.78, 5) is 11.7. The number of carbonyl (C=O) groups is 1. The van der Waals surface area contributed by atoms with Gasteiger partial charge >= 0.3 is 18.5 Å². The van der Waals surface area contributed by atoms with Gasteiger partial charge in [0.05, 0.1) is 7.11 Å². The fraction of sp³-hybridized carbons (Fsp3) is 0.300. The number of halogens is 6. The molecule has 3 rings (SSSR count). The maximum absolute atomic E-state index is 15.0. The van der Waals surface area contributed by atoms with Gasteiger partial charge in [0, 0.05) is 35.5 Å². The Kier molecular flexibility index (Phi) is 10.4. The molecule has 0 spiro atoms. The van der Waals surface area contributed by atoms with E-state index in [1.165, 1.54) is 12.1 Å². The fourth-order valence-corrected chi connectivity index (χ4v) is 4.90. The van der Waals surface area contributed by atoms with Gasteiger partial charge in [0.25, 0.3) is 0 Å². The lowest BCUT2D eigenvalue weighted by Gasteiger charge is -2.39. The number of ether oxygens (including phenoxy) is 2. The van der Waals surface area contributed by atoms with Gasteiger partial charge in [-0.15, -0.1) is 4.72 Å². The number of carbonyl (C=O) groups excluding carboxylic acids is 1. The highest BCUT2D eigenvalue weighted by molar-refractivity contribution is 7.90. The second-order valence-corrected chi connectivity index (χ2v) is 12.3. The second-order valence-electron chi connectivity index (χ2n) is 10.3. The van der Waals surface area contributed by atoms with Crippen LogP contribution in [0.15, 0.2) is 72.8 Å². The summed E-state index contributed by atoms with van der Waals surface area (Å²) in [6.45, 7) is 4.96. The number of methoxy groups -OCH3 is 1. The van der Waals surface area contributed by atoms with Crippen molar-refractivity contribution in [3.05, 3.63) is 107 Å². The standard InChI is InChI=1S/C30H29F6NO4S/c1-28(2,3)42(39)37-29(18-19-8-6-5-7-9-19,21-11-12-25(32)20(14-21)10-13-26(38)40-4)22-15-23(31)17-24(16-22)41-30(35,36)27(33)34/h5-17,27,37H,18H2,1-4H3/b13-10+/t29-,42?/m1/s1. The molecule has 0 saturated carbocycles. The van der Waals surface area contributed by atoms with Crippen LogP contribution < -0.4 is 9.46 Å². The van der Waals surface area contributed by atoms with Crippen molar-refractivity contribution >= 4 is 23.4 Å². The van der Waals surface area contributed by atoms with E-state index in [0.717, 1.165) is 37.5 Å². The van der Waals surface area contributed by atoms with Gasteiger partial charge in [-0.05, 0) is 67.8 Å². The Morgan fingerprint density at radius 2 is 1.67 bits per heavy atom. The minimum absolute atomic E-state index is 0.0877. The summed E-state index contributed by atoms with van der Waals surface area (Å²) in [5, 5.41) is 0. The predicted molar refractivity (Wildman–Crippen MR) is 147 cm³/mol. The highest BCUT2D eigenvalue weighted by Gasteiger charge is 2.46. The number of hydrogen-bond donors (Lipinski definition) is 1. The van der Waals surface area contributed by atoms with Gasteiger partial charge in [0.2, 0.25) is 0 Å². The van der Waals surface area contributed by atoms with Gasteiger partial charge in [-0.2, -0.15) is 17.6 Å². The SMILES string of the molecule is COC(=O)/C=C/c1cc([C@@](Cc2ccccc2)(N[S+]([O-])C(C)(C)C)c2cc(F)cc(OC(F)(F)C(F)F)c2)ccc1F. The summed E-state index contributed by atoms with van der Waals surface area (Å²) in [6.07, 6.45) is -7.11. The molecule has 0 fully saturated rings. The molecule has 0 bridgehead atoms. The Labute approximate surface area is 242 Å². The molecule has 3 aromatic carbocycles. The molecule has 5 nitrogen and oxygen atoms in total. The van der Waals surface area contributed by atoms with E-state index in [1.807, 2.05) is 0 Å². The number of esters is 1. The van der Waals surface area contributed by atoms with E-state index < -0.39 is 57.5 Å². The van der Waals surface area contributed by atoms with Crippen molar-refractivity contribution in [3.63, 3.8) is 0 Å². The van der Waals surface area contributed by atoms with Gasteiger partial charge in [0.15, 0.2) is 0 Å². The quantitative estimate of drug-likeness (QED) is 0.110. The zero-order valence-electron chi connectivity index (χ0n) is 23.1. The lowest BCUT2D eigenvalue weighted by atomic mass is 9.78. The summed E-state index contributed by atoms with van der Waals surface area (Å²) in [7, 11) is 1.14. The lowest BCUT2D eigenvalue weighted by molar-refractivity contribution is -0.253. The molecule has 1 unspecified atom stereocenters. The summed E-state index contributed by atoms with van der Waals surface area (Å²) in [5.74, 6) is -3.54. The number of hydrogen-bond acceptors (Lipinski definition) is 5. The summed E-state index contributed by atoms with van der Waals surface area (Å²) in [6, 6.07) is 14.7. The average molecular weight is 614 g/mol. The van der Waals surface area contributed by atoms with Crippen molar-refractivity contribution in [2.75, 3.05) is 7.11 Å². The second kappa shape index (κ2) is 13.2. The zero-order valence-corrected chi connectivity index (χ0v) is 23.9. The van der Waals surface area contributed by atoms with Crippen LogP contribution in [-0.2, 0) is 32.9 Å². The van der Waals surface area contributed by atoms with E-state index in [1.54, 1.807) is 51.1 Å². The Morgan fingerprint density at radius 1 is 1.00 bits per heavy atom. The van der Waals surface area contributed by atoms with Crippen LogP contribution in [0.2, 0.25) is 0 Å². The topological polar surface area (TPSA) is 70.6 Å². The van der Waals surface area contributed by atoms with Gasteiger partial charge in [-0.25, -0.2) is 13.6 Å². The Balaban J connectivity index is 2.36. The van der Waals surface area contributed by atoms with Crippen LogP contribution in [-0.4, -0.2) is 34.9 Å². The minimum atomic E-state index is -4.93. The largest absolute Gasteiger partial charge is 0.598 e. The van der Waals surface area contributed by atoms with E-state index in [0.29, 0.717) is 11.6 Å². The van der Waals surface area contributed by atoms with Crippen LogP contribution in [0.5, 0.6) is 5.75 Å². The van der Waals surface area contributed by atoms with E-state index in [2.05, 4.69) is 14.2 Å². The first-order valence-electron chi connectivity index (χ1n) is 12.5. The van der Waals surface area contributed by atoms with Crippen molar-refractivity contribution < 1.29 is 45.2 Å². The van der Waals surface area contributed by atoms with Crippen LogP contribution in [0, 0.1) is 11.6 Å². The Bertz CT molecular complexity index is 1410. The molecule has 0 radical (unpaired) electrons. The normalized spacial score (nSPS) is 14.6. The minimum Gasteiger partial charge on any atom is -0.598 e. The number of benzene rings is 3. The van der Waals surface area contributed by atoms with Crippen molar-refractivity contribution in [3.8, 4) is 5.75 Å². The molecule has 2 atom stereocenters. The van der Waals surface area contributed by atoms with Crippen molar-refractivity contribution in [1.82, 2.24) is 4.72 Å². The van der Waals surface area contributed by atoms with E-state index in [-0.39, 0.29) is 23.1 Å². The third kappa shape index (κ3) is 8.08. The number of rotatable bonds is 11. The first-order valence-corrected chi connectivity index (χ1v) is 13.7. The van der Waals surface area contributed by atoms with Crippen LogP contribution in [0.25, 0.3) is 6.08 Å². The predicted octanol–water partition coefficient (Wildman–Crippen LogP) is 6.93. The van der Waals surface area contributed by atoms with E-state index in [4.69, 9.17) is 0 Å². The van der Waals surface area contributed by atoms with Gasteiger partial charge in [-0.3, -0.25) is 0 Å². The molecule has 3 aromatic rings. The Morgan fingerprint density at radius 3 is 2.26 bits per heavy atom. The highest BCUT2D eigenvalue weighted by Crippen LogP contribution is 2.40. The summed E-state index contributed by atoms with van der Waals surface area (Å²) in [5.41, 5.74) is -1.17. The summed E-state index contributed by atoms with van der Waals surface area (Å²) >= 11 is -1.91. The molecule has 226 valence electrons. The molecule has 0 amide bonds. The van der Waals surface area contributed by atoms with Gasteiger partial charge in [-0.1, -0.05) is 36.4 Å². The molecule has 42 heavy (non-hydrogen) atoms. The zero-order chi connectivity index (χ0) is 31.3. The third-order valence-electron chi connectivity index (χ3n) is 6.10. The monoisotopic (exact) mass is 613 g/mol. The molecule has 0 aliphatic rings. The molecule has 0 aromatic heterocycles. The van der Waals surface area contributed by atoms with E-state index >= 15 is 4.39 Å². The van der Waals surface area contributed by atoms with Gasteiger partial charge < -0.3 is 14.0 Å². The maximum atomic E-state index is 15.0. The molecule has 0 aliphatic heterocycles. The fourth-order valence-electron chi connectivity index (χ4n) is 3.97. The highest BCUT2D eigenvalue weighted by atomic mass is 32.2. The molecule has 1 N–H and O–H groups in total. The van der Waals surface area contributed by atoms with Crippen LogP contribution in [0.1, 0.15) is 43.0 Å². The first kappa shape index (κ1) is 33.0. The molecule has 12 heteroatoms. The lowest BCUT2D eigenvalue weighted by Crippen LogP contribution is -2.53. The van der Waals surface area contributed by atoms with Crippen LogP contribution in [0.4, 0.5) is 26.3 Å². The number of nitrogens with one attached hydrogen (secondary N) is 1. The van der Waals surface area contributed by atoms with Crippen LogP contribution in [0.3, 0.4) is 0 Å². The van der Waals surface area contributed by atoms with Crippen molar-refractivity contribution in [2.24, 2.45) is 0 Å². The maximum Gasteiger partial charge on any atom is 0.461 e. The first-order chi connectivity index (χ1) is 19.6. The Hall–Kier alpha value is -3.48. The third-order valence-corrected chi connectivity index (χ3v) is 7.74. The molecule has 0 saturated heterocycles. The molecule has 0 heterocycles. The van der Waals surface area contributed by atoms with Crippen LogP contribution >= 0.6 is 0 Å². The van der Waals surface area contributed by atoms with Crippen molar-refractivity contribution in [1.29, 1.82) is 0 Å². The van der Waals surface area contributed by atoms with E-state index in [9.17, 15) is 31.3 Å². The summed E-state index contributed by atoms with van der Waals surface area (Å²) < 4.78 is 108. The average Bonchev–Trinajstić information content (AvgIpc) is 2.91. The molecular weight excluding hydrogens is 584 g/mol. The van der Waals surface area contributed by atoms with Crippen molar-refractivity contribution in [2.45, 2.75) is 50.0 Å².